The van der Waals surface area contributed by atoms with Gasteiger partial charge in [-0.05, 0) is 12.1 Å². The van der Waals surface area contributed by atoms with Crippen LogP contribution in [0.25, 0.3) is 0 Å². The fraction of sp³-hybridized carbons (Fsp3) is 0.417. The molecule has 1 saturated heterocycles. The minimum absolute atomic E-state index is 0.166. The fourth-order valence-corrected chi connectivity index (χ4v) is 1.90. The molecule has 0 radical (unpaired) electrons. The van der Waals surface area contributed by atoms with Gasteiger partial charge in [-0.2, -0.15) is 5.26 Å². The standard InChI is InChI=1S/C12H13N3O4/c13-6-9-1-2-10(11(5-9)15(17)18)14-7-12(16)3-4-19-8-12/h1-2,5,14,16H,3-4,7-8H2. The van der Waals surface area contributed by atoms with Crippen molar-refractivity contribution >= 4 is 11.4 Å². The Morgan fingerprint density at radius 2 is 2.42 bits per heavy atom. The molecule has 0 spiro atoms. The first-order chi connectivity index (χ1) is 9.04. The average Bonchev–Trinajstić information content (AvgIpc) is 2.83. The molecule has 0 aliphatic carbocycles. The predicted molar refractivity (Wildman–Crippen MR) is 66.7 cm³/mol. The minimum atomic E-state index is -0.998. The van der Waals surface area contributed by atoms with Gasteiger partial charge in [0.25, 0.3) is 5.69 Å². The third-order valence-corrected chi connectivity index (χ3v) is 3.01. The number of aliphatic hydroxyl groups is 1. The summed E-state index contributed by atoms with van der Waals surface area (Å²) in [6, 6.07) is 6.02. The number of nitrogens with zero attached hydrogens (tertiary/aromatic N) is 2. The molecule has 1 heterocycles. The van der Waals surface area contributed by atoms with Crippen molar-refractivity contribution in [3.05, 3.63) is 33.9 Å². The topological polar surface area (TPSA) is 108 Å². The maximum absolute atomic E-state index is 10.9. The molecule has 19 heavy (non-hydrogen) atoms. The van der Waals surface area contributed by atoms with Crippen molar-refractivity contribution in [3.63, 3.8) is 0 Å². The van der Waals surface area contributed by atoms with Gasteiger partial charge in [-0.15, -0.1) is 0 Å². The van der Waals surface area contributed by atoms with E-state index in [0.717, 1.165) is 0 Å². The summed E-state index contributed by atoms with van der Waals surface area (Å²) in [5.74, 6) is 0. The summed E-state index contributed by atoms with van der Waals surface area (Å²) in [5.41, 5.74) is -0.673. The number of ether oxygens (including phenoxy) is 1. The van der Waals surface area contributed by atoms with E-state index < -0.39 is 10.5 Å². The Kier molecular flexibility index (Phi) is 3.64. The van der Waals surface area contributed by atoms with Crippen LogP contribution in [-0.2, 0) is 4.74 Å². The van der Waals surface area contributed by atoms with Crippen molar-refractivity contribution in [2.24, 2.45) is 0 Å². The van der Waals surface area contributed by atoms with Crippen LogP contribution in [0.3, 0.4) is 0 Å². The van der Waals surface area contributed by atoms with Crippen molar-refractivity contribution in [1.29, 1.82) is 5.26 Å². The van der Waals surface area contributed by atoms with Gasteiger partial charge in [0, 0.05) is 25.6 Å². The highest BCUT2D eigenvalue weighted by Crippen LogP contribution is 2.27. The molecule has 1 unspecified atom stereocenters. The van der Waals surface area contributed by atoms with Crippen molar-refractivity contribution in [2.45, 2.75) is 12.0 Å². The van der Waals surface area contributed by atoms with Crippen LogP contribution in [0.4, 0.5) is 11.4 Å². The third kappa shape index (κ3) is 2.99. The first-order valence-electron chi connectivity index (χ1n) is 5.77. The SMILES string of the molecule is N#Cc1ccc(NCC2(O)CCOC2)c([N+](=O)[O-])c1. The lowest BCUT2D eigenvalue weighted by molar-refractivity contribution is -0.384. The number of nitro benzene ring substituents is 1. The van der Waals surface area contributed by atoms with Gasteiger partial charge < -0.3 is 15.2 Å². The van der Waals surface area contributed by atoms with Crippen LogP contribution in [0.5, 0.6) is 0 Å². The predicted octanol–water partition coefficient (Wildman–Crippen LogP) is 1.03. The second-order valence-corrected chi connectivity index (χ2v) is 4.48. The molecule has 7 heteroatoms. The van der Waals surface area contributed by atoms with Gasteiger partial charge in [0.1, 0.15) is 11.3 Å². The molecule has 1 aromatic rings. The number of nitrogens with one attached hydrogen (secondary N) is 1. The van der Waals surface area contributed by atoms with Crippen LogP contribution in [0, 0.1) is 21.4 Å². The number of nitro groups is 1. The summed E-state index contributed by atoms with van der Waals surface area (Å²) < 4.78 is 5.10. The quantitative estimate of drug-likeness (QED) is 0.620. The molecule has 0 bridgehead atoms. The van der Waals surface area contributed by atoms with Crippen LogP contribution >= 0.6 is 0 Å². The molecule has 1 fully saturated rings. The highest BCUT2D eigenvalue weighted by molar-refractivity contribution is 5.64. The van der Waals surface area contributed by atoms with E-state index in [1.54, 1.807) is 0 Å². The Labute approximate surface area is 109 Å². The van der Waals surface area contributed by atoms with Crippen LogP contribution < -0.4 is 5.32 Å². The molecule has 7 nitrogen and oxygen atoms in total. The molecule has 0 aromatic heterocycles. The molecule has 2 N–H and O–H groups in total. The van der Waals surface area contributed by atoms with E-state index in [1.165, 1.54) is 18.2 Å². The highest BCUT2D eigenvalue weighted by Gasteiger charge is 2.32. The number of anilines is 1. The van der Waals surface area contributed by atoms with Crippen LogP contribution in [-0.4, -0.2) is 35.4 Å². The normalized spacial score (nSPS) is 21.9. The van der Waals surface area contributed by atoms with Gasteiger partial charge in [0.2, 0.25) is 0 Å². The van der Waals surface area contributed by atoms with Crippen molar-refractivity contribution in [1.82, 2.24) is 0 Å². The lowest BCUT2D eigenvalue weighted by atomic mass is 10.0. The average molecular weight is 263 g/mol. The van der Waals surface area contributed by atoms with E-state index in [0.29, 0.717) is 13.0 Å². The Morgan fingerprint density at radius 3 is 3.00 bits per heavy atom. The zero-order chi connectivity index (χ0) is 13.9. The summed E-state index contributed by atoms with van der Waals surface area (Å²) in [7, 11) is 0. The lowest BCUT2D eigenvalue weighted by Crippen LogP contribution is -2.37. The molecular weight excluding hydrogens is 250 g/mol. The van der Waals surface area contributed by atoms with Crippen molar-refractivity contribution in [2.75, 3.05) is 25.1 Å². The van der Waals surface area contributed by atoms with Crippen LogP contribution in [0.2, 0.25) is 0 Å². The molecule has 100 valence electrons. The fourth-order valence-electron chi connectivity index (χ4n) is 1.90. The summed E-state index contributed by atoms with van der Waals surface area (Å²) >= 11 is 0. The van der Waals surface area contributed by atoms with E-state index >= 15 is 0 Å². The molecule has 1 aliphatic rings. The zero-order valence-corrected chi connectivity index (χ0v) is 10.1. The van der Waals surface area contributed by atoms with E-state index in [1.807, 2.05) is 6.07 Å². The Balaban J connectivity index is 2.16. The molecule has 0 saturated carbocycles. The van der Waals surface area contributed by atoms with E-state index in [-0.39, 0.29) is 30.1 Å². The first-order valence-corrected chi connectivity index (χ1v) is 5.77. The summed E-state index contributed by atoms with van der Waals surface area (Å²) in [5, 5.41) is 32.6. The lowest BCUT2D eigenvalue weighted by Gasteiger charge is -2.21. The van der Waals surface area contributed by atoms with Gasteiger partial charge in [-0.1, -0.05) is 0 Å². The van der Waals surface area contributed by atoms with Gasteiger partial charge in [-0.25, -0.2) is 0 Å². The first kappa shape index (κ1) is 13.3. The monoisotopic (exact) mass is 263 g/mol. The second-order valence-electron chi connectivity index (χ2n) is 4.48. The van der Waals surface area contributed by atoms with E-state index in [4.69, 9.17) is 10.00 Å². The van der Waals surface area contributed by atoms with Gasteiger partial charge in [0.05, 0.1) is 23.2 Å². The van der Waals surface area contributed by atoms with E-state index in [9.17, 15) is 15.2 Å². The number of rotatable bonds is 4. The van der Waals surface area contributed by atoms with Crippen LogP contribution in [0.1, 0.15) is 12.0 Å². The van der Waals surface area contributed by atoms with Crippen molar-refractivity contribution < 1.29 is 14.8 Å². The minimum Gasteiger partial charge on any atom is -0.386 e. The smallest absolute Gasteiger partial charge is 0.293 e. The summed E-state index contributed by atoms with van der Waals surface area (Å²) in [6.07, 6.45) is 0.490. The number of benzene rings is 1. The molecule has 1 atom stereocenters. The molecule has 0 amide bonds. The Hall–Kier alpha value is -2.17. The zero-order valence-electron chi connectivity index (χ0n) is 10.1. The third-order valence-electron chi connectivity index (χ3n) is 3.01. The highest BCUT2D eigenvalue weighted by atomic mass is 16.6. The van der Waals surface area contributed by atoms with E-state index in [2.05, 4.69) is 5.32 Å². The van der Waals surface area contributed by atoms with Crippen LogP contribution in [0.15, 0.2) is 18.2 Å². The summed E-state index contributed by atoms with van der Waals surface area (Å²) in [6.45, 7) is 0.859. The Morgan fingerprint density at radius 1 is 1.63 bits per heavy atom. The molecule has 1 aromatic carbocycles. The number of hydrogen-bond acceptors (Lipinski definition) is 6. The number of hydrogen-bond donors (Lipinski definition) is 2. The van der Waals surface area contributed by atoms with Gasteiger partial charge in [0.15, 0.2) is 0 Å². The Bertz CT molecular complexity index is 532. The maximum Gasteiger partial charge on any atom is 0.293 e. The molecular formula is C12H13N3O4. The second kappa shape index (κ2) is 5.22. The van der Waals surface area contributed by atoms with Crippen molar-refractivity contribution in [3.8, 4) is 6.07 Å². The number of nitriles is 1. The summed E-state index contributed by atoms with van der Waals surface area (Å²) in [4.78, 5) is 10.4. The van der Waals surface area contributed by atoms with Gasteiger partial charge in [-0.3, -0.25) is 10.1 Å². The largest absolute Gasteiger partial charge is 0.386 e. The molecule has 1 aliphatic heterocycles. The molecule has 2 rings (SSSR count). The maximum atomic E-state index is 10.9. The van der Waals surface area contributed by atoms with Gasteiger partial charge >= 0.3 is 0 Å².